The van der Waals surface area contributed by atoms with Crippen molar-refractivity contribution in [1.82, 2.24) is 5.17 Å². The Morgan fingerprint density at radius 2 is 1.44 bits per heavy atom. The highest BCUT2D eigenvalue weighted by molar-refractivity contribution is 5.66. The molecule has 18 heavy (non-hydrogen) atoms. The average Bonchev–Trinajstić information content (AvgIpc) is 2.11. The van der Waals surface area contributed by atoms with Gasteiger partial charge in [-0.25, -0.2) is 0 Å². The molecule has 0 aliphatic rings. The summed E-state index contributed by atoms with van der Waals surface area (Å²) in [6.07, 6.45) is 0. The normalized spacial score (nSPS) is 11.7. The van der Waals surface area contributed by atoms with E-state index in [9.17, 15) is 19.7 Å². The highest BCUT2D eigenvalue weighted by atomic mass is 16.7. The van der Waals surface area contributed by atoms with Crippen molar-refractivity contribution in [1.29, 1.82) is 0 Å². The van der Waals surface area contributed by atoms with E-state index in [0.29, 0.717) is 0 Å². The van der Waals surface area contributed by atoms with E-state index >= 15 is 0 Å². The largest absolute Gasteiger partial charge is 0.700 e. The van der Waals surface area contributed by atoms with E-state index in [2.05, 4.69) is 0 Å². The fraction of sp³-hybridized carbons (Fsp3) is 0.800. The predicted molar refractivity (Wildman–Crippen MR) is 60.5 cm³/mol. The molecule has 0 aromatic rings. The van der Waals surface area contributed by atoms with Crippen LogP contribution in [-0.2, 0) is 19.1 Å². The lowest BCUT2D eigenvalue weighted by atomic mass is 10.3. The lowest BCUT2D eigenvalue weighted by Crippen LogP contribution is -2.55. The van der Waals surface area contributed by atoms with Crippen molar-refractivity contribution in [2.75, 3.05) is 0 Å². The Kier molecular flexibility index (Phi) is 4.80. The molecular formula is C10H18N2O6. The summed E-state index contributed by atoms with van der Waals surface area (Å²) in [6.45, 7) is 7.21. The highest BCUT2D eigenvalue weighted by Crippen LogP contribution is 2.21. The van der Waals surface area contributed by atoms with Crippen LogP contribution in [0.25, 0.3) is 0 Å². The van der Waals surface area contributed by atoms with Crippen LogP contribution in [0.3, 0.4) is 0 Å². The molecule has 8 heteroatoms. The fourth-order valence-electron chi connectivity index (χ4n) is 1.22. The van der Waals surface area contributed by atoms with Crippen LogP contribution in [0.2, 0.25) is 0 Å². The van der Waals surface area contributed by atoms with Crippen LogP contribution in [-0.4, -0.2) is 33.4 Å². The zero-order valence-electron chi connectivity index (χ0n) is 11.3. The van der Waals surface area contributed by atoms with Crippen molar-refractivity contribution in [3.63, 3.8) is 0 Å². The maximum absolute atomic E-state index is 11.8. The quantitative estimate of drug-likeness (QED) is 0.316. The zero-order valence-corrected chi connectivity index (χ0v) is 11.3. The molecule has 0 aliphatic heterocycles. The summed E-state index contributed by atoms with van der Waals surface area (Å²) in [5, 5.41) is 11.7. The first-order chi connectivity index (χ1) is 7.90. The van der Waals surface area contributed by atoms with Gasteiger partial charge in [0.25, 0.3) is 0 Å². The molecular weight excluding hydrogens is 244 g/mol. The molecule has 0 spiro atoms. The molecule has 0 saturated carbocycles. The summed E-state index contributed by atoms with van der Waals surface area (Å²) in [5.74, 6) is -1.42. The number of hydrazine groups is 1. The topological polar surface area (TPSA) is 99.0 Å². The number of carbonyl (C=O) groups excluding carboxylic acids is 2. The van der Waals surface area contributed by atoms with Gasteiger partial charge in [-0.3, -0.25) is 9.59 Å². The van der Waals surface area contributed by atoms with Gasteiger partial charge in [-0.2, -0.15) is 0 Å². The number of hydrogen-bond acceptors (Lipinski definition) is 6. The molecule has 0 aliphatic carbocycles. The minimum atomic E-state index is -1.70. The number of carbonyl (C=O) groups is 2. The van der Waals surface area contributed by atoms with E-state index in [1.807, 2.05) is 0 Å². The van der Waals surface area contributed by atoms with E-state index in [-0.39, 0.29) is 10.0 Å². The molecule has 8 nitrogen and oxygen atoms in total. The van der Waals surface area contributed by atoms with Crippen LogP contribution < -0.4 is 0 Å². The van der Waals surface area contributed by atoms with E-state index in [1.54, 1.807) is 0 Å². The van der Waals surface area contributed by atoms with Gasteiger partial charge >= 0.3 is 17.7 Å². The first kappa shape index (κ1) is 16.3. The second-order valence-corrected chi connectivity index (χ2v) is 4.63. The number of nitrogens with zero attached hydrogens (tertiary/aromatic N) is 2. The molecule has 0 aromatic carbocycles. The van der Waals surface area contributed by atoms with Gasteiger partial charge < -0.3 is 14.7 Å². The van der Waals surface area contributed by atoms with Gasteiger partial charge in [-0.1, -0.05) is 0 Å². The lowest BCUT2D eigenvalue weighted by Gasteiger charge is -2.36. The first-order valence-electron chi connectivity index (χ1n) is 5.24. The fourth-order valence-corrected chi connectivity index (χ4v) is 1.22. The molecule has 0 aromatic heterocycles. The van der Waals surface area contributed by atoms with E-state index in [1.165, 1.54) is 27.7 Å². The SMILES string of the molecule is CC(=O)OC(C)(C)N([O-])[N+](=O)C(C)(C)OC(C)=O. The Bertz CT molecular complexity index is 363. The molecule has 0 heterocycles. The lowest BCUT2D eigenvalue weighted by molar-refractivity contribution is -0.797. The molecule has 0 rings (SSSR count). The first-order valence-corrected chi connectivity index (χ1v) is 5.24. The molecule has 0 N–H and O–H groups in total. The zero-order chi connectivity index (χ0) is 14.7. The van der Waals surface area contributed by atoms with Gasteiger partial charge in [0.2, 0.25) is 5.72 Å². The van der Waals surface area contributed by atoms with Gasteiger partial charge in [0, 0.05) is 27.7 Å². The smallest absolute Gasteiger partial charge is 0.378 e. The summed E-state index contributed by atoms with van der Waals surface area (Å²) in [6, 6.07) is 0. The van der Waals surface area contributed by atoms with Crippen LogP contribution in [0, 0.1) is 10.1 Å². The molecule has 0 saturated heterocycles. The minimum Gasteiger partial charge on any atom is -0.700 e. The summed E-state index contributed by atoms with van der Waals surface area (Å²) < 4.78 is 9.43. The standard InChI is InChI=1S/C10H18N2O6/c1-7(13)17-9(3,4)11(15)12(16)10(5,6)18-8(2)14/h1-6H3. The second kappa shape index (κ2) is 5.30. The van der Waals surface area contributed by atoms with Gasteiger partial charge in [0.15, 0.2) is 4.87 Å². The van der Waals surface area contributed by atoms with Crippen molar-refractivity contribution in [2.45, 2.75) is 53.0 Å². The van der Waals surface area contributed by atoms with Gasteiger partial charge in [0.05, 0.1) is 4.91 Å². The van der Waals surface area contributed by atoms with E-state index in [0.717, 1.165) is 13.8 Å². The van der Waals surface area contributed by atoms with Crippen molar-refractivity contribution in [3.8, 4) is 0 Å². The van der Waals surface area contributed by atoms with Crippen LogP contribution in [0.15, 0.2) is 0 Å². The second-order valence-electron chi connectivity index (χ2n) is 4.63. The van der Waals surface area contributed by atoms with Crippen molar-refractivity contribution in [2.24, 2.45) is 0 Å². The predicted octanol–water partition coefficient (Wildman–Crippen LogP) is 1.08. The molecule has 0 radical (unpaired) electrons. The molecule has 0 fully saturated rings. The maximum Gasteiger partial charge on any atom is 0.378 e. The third-order valence-corrected chi connectivity index (χ3v) is 1.87. The molecule has 0 atom stereocenters. The maximum atomic E-state index is 11.8. The third kappa shape index (κ3) is 4.28. The van der Waals surface area contributed by atoms with Crippen LogP contribution in [0.1, 0.15) is 41.5 Å². The van der Waals surface area contributed by atoms with Crippen molar-refractivity contribution >= 4 is 11.9 Å². The van der Waals surface area contributed by atoms with Gasteiger partial charge in [-0.05, 0) is 13.8 Å². The van der Waals surface area contributed by atoms with Crippen LogP contribution in [0.4, 0.5) is 0 Å². The van der Waals surface area contributed by atoms with Gasteiger partial charge in [0.1, 0.15) is 0 Å². The number of rotatable bonds is 5. The molecule has 0 unspecified atom stereocenters. The minimum absolute atomic E-state index is 0.0999. The Morgan fingerprint density at radius 3 is 1.78 bits per heavy atom. The van der Waals surface area contributed by atoms with Crippen LogP contribution >= 0.6 is 0 Å². The number of hydroxylamine groups is 1. The molecule has 0 bridgehead atoms. The summed E-state index contributed by atoms with van der Waals surface area (Å²) in [4.78, 5) is 33.3. The van der Waals surface area contributed by atoms with Crippen molar-refractivity contribution in [3.05, 3.63) is 10.1 Å². The number of ether oxygens (including phenoxy) is 2. The molecule has 104 valence electrons. The average molecular weight is 262 g/mol. The summed E-state index contributed by atoms with van der Waals surface area (Å²) in [5.41, 5.74) is -3.41. The number of nitroso groups, excluding NO2 is 1. The Balaban J connectivity index is 4.98. The summed E-state index contributed by atoms with van der Waals surface area (Å²) in [7, 11) is 0. The monoisotopic (exact) mass is 262 g/mol. The Hall–Kier alpha value is -1.70. The van der Waals surface area contributed by atoms with Gasteiger partial charge in [-0.15, -0.1) is 5.17 Å². The van der Waals surface area contributed by atoms with Crippen LogP contribution in [0.5, 0.6) is 0 Å². The highest BCUT2D eigenvalue weighted by Gasteiger charge is 2.46. The van der Waals surface area contributed by atoms with E-state index in [4.69, 9.17) is 9.47 Å². The Morgan fingerprint density at radius 1 is 1.06 bits per heavy atom. The number of hydrogen-bond donors (Lipinski definition) is 0. The Labute approximate surface area is 105 Å². The summed E-state index contributed by atoms with van der Waals surface area (Å²) >= 11 is 0. The molecule has 0 amide bonds. The number of esters is 2. The van der Waals surface area contributed by atoms with Crippen molar-refractivity contribution < 1.29 is 23.9 Å². The van der Waals surface area contributed by atoms with E-state index < -0.39 is 23.4 Å². The third-order valence-electron chi connectivity index (χ3n) is 1.87.